The minimum absolute atomic E-state index is 0.545. The molecule has 0 saturated heterocycles. The van der Waals surface area contributed by atoms with E-state index in [0.717, 1.165) is 25.1 Å². The molecular weight excluding hydrogens is 328 g/mol. The highest BCUT2D eigenvalue weighted by Gasteiger charge is 2.08. The quantitative estimate of drug-likeness (QED) is 0.450. The summed E-state index contributed by atoms with van der Waals surface area (Å²) in [6.07, 6.45) is 2.77. The maximum absolute atomic E-state index is 5.26. The van der Waals surface area contributed by atoms with Gasteiger partial charge in [-0.25, -0.2) is 0 Å². The molecule has 4 nitrogen and oxygen atoms in total. The first-order valence-corrected chi connectivity index (χ1v) is 9.15. The Morgan fingerprint density at radius 1 is 1.24 bits per heavy atom. The van der Waals surface area contributed by atoms with Gasteiger partial charge in [0, 0.05) is 30.0 Å². The molecule has 0 aliphatic heterocycles. The van der Waals surface area contributed by atoms with Crippen LogP contribution in [0.25, 0.3) is 0 Å². The van der Waals surface area contributed by atoms with Gasteiger partial charge >= 0.3 is 0 Å². The Kier molecular flexibility index (Phi) is 7.19. The van der Waals surface area contributed by atoms with Gasteiger partial charge in [-0.15, -0.1) is 0 Å². The van der Waals surface area contributed by atoms with Gasteiger partial charge in [0.15, 0.2) is 5.11 Å². The van der Waals surface area contributed by atoms with Gasteiger partial charge in [-0.2, -0.15) is 5.10 Å². The Morgan fingerprint density at radius 3 is 2.64 bits per heavy atom. The van der Waals surface area contributed by atoms with E-state index in [9.17, 15) is 0 Å². The molecule has 5 heteroatoms. The number of nitrogens with zero attached hydrogens (tertiary/aromatic N) is 2. The Hall–Kier alpha value is -2.14. The van der Waals surface area contributed by atoms with Crippen LogP contribution in [0.4, 0.5) is 0 Å². The van der Waals surface area contributed by atoms with Crippen LogP contribution in [-0.4, -0.2) is 22.4 Å². The average molecular weight is 357 g/mol. The summed E-state index contributed by atoms with van der Waals surface area (Å²) in [5, 5.41) is 7.99. The fourth-order valence-electron chi connectivity index (χ4n) is 2.77. The topological polar surface area (TPSA) is 41.4 Å². The highest BCUT2D eigenvalue weighted by molar-refractivity contribution is 7.80. The fraction of sp³-hybridized carbons (Fsp3) is 0.400. The van der Waals surface area contributed by atoms with Crippen molar-refractivity contribution in [3.63, 3.8) is 0 Å². The number of rotatable bonds is 7. The number of hydrogen-bond acceptors (Lipinski definition) is 2. The molecule has 0 saturated carbocycles. The number of aryl methyl sites for hydroxylation is 1. The molecule has 25 heavy (non-hydrogen) atoms. The van der Waals surface area contributed by atoms with E-state index in [2.05, 4.69) is 66.3 Å². The highest BCUT2D eigenvalue weighted by Crippen LogP contribution is 2.15. The van der Waals surface area contributed by atoms with Gasteiger partial charge in [0.25, 0.3) is 0 Å². The maximum atomic E-state index is 5.26. The Labute approximate surface area is 156 Å². The SMILES string of the molecule is Cc1cc(/C=N/NC(=S)NCCc2ccccc2)c(C)n1CC(C)C. The number of hydrogen-bond donors (Lipinski definition) is 2. The molecule has 2 aromatic rings. The minimum Gasteiger partial charge on any atom is -0.361 e. The lowest BCUT2D eigenvalue weighted by Gasteiger charge is -2.11. The van der Waals surface area contributed by atoms with Crippen LogP contribution < -0.4 is 10.7 Å². The van der Waals surface area contributed by atoms with Crippen LogP contribution in [0.15, 0.2) is 41.5 Å². The number of benzene rings is 1. The van der Waals surface area contributed by atoms with E-state index < -0.39 is 0 Å². The second-order valence-corrected chi connectivity index (χ2v) is 7.10. The molecule has 1 aromatic carbocycles. The Bertz CT molecular complexity index is 717. The van der Waals surface area contributed by atoms with Gasteiger partial charge in [-0.1, -0.05) is 44.2 Å². The van der Waals surface area contributed by atoms with Crippen LogP contribution in [0.1, 0.15) is 36.4 Å². The summed E-state index contributed by atoms with van der Waals surface area (Å²) in [5.41, 5.74) is 7.80. The third kappa shape index (κ3) is 6.02. The van der Waals surface area contributed by atoms with Crippen molar-refractivity contribution in [2.75, 3.05) is 6.54 Å². The van der Waals surface area contributed by atoms with Crippen molar-refractivity contribution in [2.45, 2.75) is 40.7 Å². The van der Waals surface area contributed by atoms with Gasteiger partial charge < -0.3 is 9.88 Å². The summed E-state index contributed by atoms with van der Waals surface area (Å²) in [4.78, 5) is 0. The third-order valence-electron chi connectivity index (χ3n) is 4.07. The summed E-state index contributed by atoms with van der Waals surface area (Å²) >= 11 is 5.26. The lowest BCUT2D eigenvalue weighted by atomic mass is 10.1. The molecule has 0 atom stereocenters. The van der Waals surface area contributed by atoms with Gasteiger partial charge in [0.1, 0.15) is 0 Å². The zero-order valence-corrected chi connectivity index (χ0v) is 16.4. The second-order valence-electron chi connectivity index (χ2n) is 6.69. The normalized spacial score (nSPS) is 11.2. The van der Waals surface area contributed by atoms with E-state index in [1.165, 1.54) is 17.0 Å². The molecule has 2 rings (SSSR count). The standard InChI is InChI=1S/C20H28N4S/c1-15(2)14-24-16(3)12-19(17(24)4)13-22-23-20(25)21-11-10-18-8-6-5-7-9-18/h5-9,12-13,15H,10-11,14H2,1-4H3,(H2,21,23,25)/b22-13+. The highest BCUT2D eigenvalue weighted by atomic mass is 32.1. The van der Waals surface area contributed by atoms with Gasteiger partial charge in [-0.05, 0) is 50.0 Å². The number of hydrazone groups is 1. The van der Waals surface area contributed by atoms with Crippen LogP contribution in [0, 0.1) is 19.8 Å². The van der Waals surface area contributed by atoms with Crippen molar-refractivity contribution in [1.29, 1.82) is 0 Å². The molecule has 0 aliphatic carbocycles. The van der Waals surface area contributed by atoms with Crippen LogP contribution in [0.3, 0.4) is 0 Å². The van der Waals surface area contributed by atoms with Crippen molar-refractivity contribution in [3.05, 3.63) is 58.9 Å². The predicted molar refractivity (Wildman–Crippen MR) is 110 cm³/mol. The third-order valence-corrected chi connectivity index (χ3v) is 4.31. The molecule has 0 aliphatic rings. The molecule has 0 unspecified atom stereocenters. The van der Waals surface area contributed by atoms with Crippen molar-refractivity contribution in [2.24, 2.45) is 11.0 Å². The van der Waals surface area contributed by atoms with E-state index in [0.29, 0.717) is 11.0 Å². The molecule has 1 heterocycles. The molecule has 0 bridgehead atoms. The minimum atomic E-state index is 0.545. The number of nitrogens with one attached hydrogen (secondary N) is 2. The summed E-state index contributed by atoms with van der Waals surface area (Å²) in [6.45, 7) is 10.5. The summed E-state index contributed by atoms with van der Waals surface area (Å²) in [6, 6.07) is 12.5. The smallest absolute Gasteiger partial charge is 0.186 e. The van der Waals surface area contributed by atoms with Crippen molar-refractivity contribution >= 4 is 23.5 Å². The molecular formula is C20H28N4S. The maximum Gasteiger partial charge on any atom is 0.186 e. The van der Waals surface area contributed by atoms with E-state index >= 15 is 0 Å². The number of thiocarbonyl (C=S) groups is 1. The molecule has 2 N–H and O–H groups in total. The van der Waals surface area contributed by atoms with E-state index in [-0.39, 0.29) is 0 Å². The lowest BCUT2D eigenvalue weighted by molar-refractivity contribution is 0.509. The largest absolute Gasteiger partial charge is 0.361 e. The fourth-order valence-corrected chi connectivity index (χ4v) is 2.92. The average Bonchev–Trinajstić information content (AvgIpc) is 2.83. The number of aromatic nitrogens is 1. The first-order chi connectivity index (χ1) is 12.0. The van der Waals surface area contributed by atoms with Crippen LogP contribution in [0.2, 0.25) is 0 Å². The van der Waals surface area contributed by atoms with Crippen molar-refractivity contribution < 1.29 is 0 Å². The van der Waals surface area contributed by atoms with Gasteiger partial charge in [0.05, 0.1) is 6.21 Å². The van der Waals surface area contributed by atoms with Crippen molar-refractivity contribution in [3.8, 4) is 0 Å². The first kappa shape index (κ1) is 19.2. The van der Waals surface area contributed by atoms with E-state index in [1.54, 1.807) is 0 Å². The van der Waals surface area contributed by atoms with Gasteiger partial charge in [0.2, 0.25) is 0 Å². The molecule has 134 valence electrons. The Morgan fingerprint density at radius 2 is 1.96 bits per heavy atom. The lowest BCUT2D eigenvalue weighted by Crippen LogP contribution is -2.33. The monoisotopic (exact) mass is 356 g/mol. The molecule has 0 amide bonds. The van der Waals surface area contributed by atoms with E-state index in [1.807, 2.05) is 24.4 Å². The summed E-state index contributed by atoms with van der Waals surface area (Å²) in [5.74, 6) is 0.620. The van der Waals surface area contributed by atoms with Crippen molar-refractivity contribution in [1.82, 2.24) is 15.3 Å². The van der Waals surface area contributed by atoms with Crippen LogP contribution in [-0.2, 0) is 13.0 Å². The Balaban J connectivity index is 1.81. The molecule has 1 aromatic heterocycles. The zero-order chi connectivity index (χ0) is 18.2. The summed E-state index contributed by atoms with van der Waals surface area (Å²) < 4.78 is 2.34. The zero-order valence-electron chi connectivity index (χ0n) is 15.5. The first-order valence-electron chi connectivity index (χ1n) is 8.75. The molecule has 0 spiro atoms. The molecule has 0 radical (unpaired) electrons. The van der Waals surface area contributed by atoms with Crippen LogP contribution in [0.5, 0.6) is 0 Å². The summed E-state index contributed by atoms with van der Waals surface area (Å²) in [7, 11) is 0. The predicted octanol–water partition coefficient (Wildman–Crippen LogP) is 3.80. The van der Waals surface area contributed by atoms with Crippen LogP contribution >= 0.6 is 12.2 Å². The molecule has 0 fully saturated rings. The second kappa shape index (κ2) is 9.37. The van der Waals surface area contributed by atoms with E-state index in [4.69, 9.17) is 12.2 Å². The van der Waals surface area contributed by atoms with Gasteiger partial charge in [-0.3, -0.25) is 5.43 Å².